The Morgan fingerprint density at radius 3 is 2.44 bits per heavy atom. The van der Waals surface area contributed by atoms with E-state index in [2.05, 4.69) is 15.0 Å². The van der Waals surface area contributed by atoms with Crippen LogP contribution in [0.5, 0.6) is 17.2 Å². The van der Waals surface area contributed by atoms with Gasteiger partial charge >= 0.3 is 12.0 Å². The molecule has 1 unspecified atom stereocenters. The van der Waals surface area contributed by atoms with Crippen molar-refractivity contribution in [3.63, 3.8) is 0 Å². The van der Waals surface area contributed by atoms with Crippen LogP contribution in [0.4, 0.5) is 13.2 Å². The summed E-state index contributed by atoms with van der Waals surface area (Å²) < 4.78 is 53.1. The van der Waals surface area contributed by atoms with Crippen LogP contribution in [0.2, 0.25) is 0 Å². The Hall–Kier alpha value is -5.19. The summed E-state index contributed by atoms with van der Waals surface area (Å²) in [6.45, 7) is 1.72. The van der Waals surface area contributed by atoms with E-state index < -0.39 is 23.7 Å². The van der Waals surface area contributed by atoms with E-state index in [1.54, 1.807) is 24.3 Å². The number of halogens is 3. The highest BCUT2D eigenvalue weighted by Gasteiger charge is 2.32. The lowest BCUT2D eigenvalue weighted by atomic mass is 9.86. The lowest BCUT2D eigenvalue weighted by Gasteiger charge is -2.20. The molecule has 2 heterocycles. The molecule has 43 heavy (non-hydrogen) atoms. The van der Waals surface area contributed by atoms with Gasteiger partial charge in [0.05, 0.1) is 24.2 Å². The first-order valence-corrected chi connectivity index (χ1v) is 13.3. The van der Waals surface area contributed by atoms with E-state index in [4.69, 9.17) is 9.15 Å². The van der Waals surface area contributed by atoms with Crippen LogP contribution < -0.4 is 20.4 Å². The van der Waals surface area contributed by atoms with E-state index >= 15 is 0 Å². The quantitative estimate of drug-likeness (QED) is 0.188. The van der Waals surface area contributed by atoms with Crippen LogP contribution in [0, 0.1) is 6.92 Å². The fourth-order valence-corrected chi connectivity index (χ4v) is 5.18. The van der Waals surface area contributed by atoms with Gasteiger partial charge in [-0.1, -0.05) is 42.5 Å². The predicted molar refractivity (Wildman–Crippen MR) is 153 cm³/mol. The van der Waals surface area contributed by atoms with Crippen molar-refractivity contribution in [2.75, 3.05) is 13.7 Å². The fourth-order valence-electron chi connectivity index (χ4n) is 5.18. The van der Waals surface area contributed by atoms with Crippen LogP contribution in [0.3, 0.4) is 0 Å². The van der Waals surface area contributed by atoms with Gasteiger partial charge in [-0.05, 0) is 54.8 Å². The second-order valence-corrected chi connectivity index (χ2v) is 9.76. The number of aryl methyl sites for hydroxylation is 1. The summed E-state index contributed by atoms with van der Waals surface area (Å²) in [5.74, 6) is -1.46. The summed E-state index contributed by atoms with van der Waals surface area (Å²) >= 11 is 0. The zero-order valence-corrected chi connectivity index (χ0v) is 23.1. The zero-order valence-electron chi connectivity index (χ0n) is 23.1. The molecule has 11 heteroatoms. The Balaban J connectivity index is 1.58. The molecule has 5 rings (SSSR count). The number of aromatic nitrogens is 1. The number of aromatic amines is 1. The molecule has 0 saturated carbocycles. The molecule has 0 aliphatic heterocycles. The van der Waals surface area contributed by atoms with Crippen molar-refractivity contribution in [3.8, 4) is 17.2 Å². The number of benzene rings is 3. The number of rotatable bonds is 9. The third-order valence-electron chi connectivity index (χ3n) is 6.97. The molecule has 2 aromatic heterocycles. The van der Waals surface area contributed by atoms with E-state index in [0.717, 1.165) is 28.6 Å². The molecular formula is C32H27F3N2O6. The summed E-state index contributed by atoms with van der Waals surface area (Å²) in [4.78, 5) is 29.5. The first-order valence-electron chi connectivity index (χ1n) is 13.3. The number of alkyl halides is 3. The standard InChI is InChI=1S/C32H27F3N2O6/c1-18-17-25(38)28(31(40)42-18)27(19-11-13-20(14-12-19)43-32(33,34)35)29-22(21-7-3-5-9-24(21)37-29)15-16-36-30(39)23-8-4-6-10-26(23)41-2/h3-14,17,27,37-38H,15-16H2,1-2H3,(H,36,39). The molecule has 1 atom stereocenters. The normalized spacial score (nSPS) is 12.2. The van der Waals surface area contributed by atoms with Gasteiger partial charge in [0.2, 0.25) is 0 Å². The molecule has 8 nitrogen and oxygen atoms in total. The van der Waals surface area contributed by atoms with Crippen molar-refractivity contribution in [2.45, 2.75) is 25.6 Å². The second kappa shape index (κ2) is 12.0. The van der Waals surface area contributed by atoms with Crippen molar-refractivity contribution in [1.29, 1.82) is 0 Å². The van der Waals surface area contributed by atoms with E-state index in [1.807, 2.05) is 24.3 Å². The molecule has 0 saturated heterocycles. The van der Waals surface area contributed by atoms with E-state index in [0.29, 0.717) is 29.0 Å². The third-order valence-corrected chi connectivity index (χ3v) is 6.97. The maximum Gasteiger partial charge on any atom is 0.573 e. The molecule has 0 fully saturated rings. The SMILES string of the molecule is COc1ccccc1C(=O)NCCc1c(C(c2ccc(OC(F)(F)F)cc2)c2c(O)cc(C)oc2=O)[nH]c2ccccc12. The summed E-state index contributed by atoms with van der Waals surface area (Å²) in [7, 11) is 1.48. The Morgan fingerprint density at radius 1 is 1.05 bits per heavy atom. The van der Waals surface area contributed by atoms with Gasteiger partial charge in [0.15, 0.2) is 0 Å². The van der Waals surface area contributed by atoms with Gasteiger partial charge in [-0.2, -0.15) is 0 Å². The smallest absolute Gasteiger partial charge is 0.507 e. The molecule has 0 bridgehead atoms. The lowest BCUT2D eigenvalue weighted by Crippen LogP contribution is -2.26. The van der Waals surface area contributed by atoms with E-state index in [-0.39, 0.29) is 29.5 Å². The van der Waals surface area contributed by atoms with Gasteiger partial charge in [0.1, 0.15) is 23.0 Å². The second-order valence-electron chi connectivity index (χ2n) is 9.76. The number of fused-ring (bicyclic) bond motifs is 1. The van der Waals surface area contributed by atoms with Crippen LogP contribution in [-0.4, -0.2) is 36.0 Å². The molecule has 3 N–H and O–H groups in total. The van der Waals surface area contributed by atoms with Gasteiger partial charge in [-0.15, -0.1) is 13.2 Å². The van der Waals surface area contributed by atoms with Gasteiger partial charge in [-0.25, -0.2) is 4.79 Å². The van der Waals surface area contributed by atoms with Crippen LogP contribution in [0.1, 0.15) is 44.4 Å². The fraction of sp³-hybridized carbons (Fsp3) is 0.188. The summed E-state index contributed by atoms with van der Waals surface area (Å²) in [5.41, 5.74) is 1.83. The van der Waals surface area contributed by atoms with Crippen LogP contribution in [0.15, 0.2) is 88.1 Å². The van der Waals surface area contributed by atoms with Crippen molar-refractivity contribution in [1.82, 2.24) is 10.3 Å². The maximum atomic E-state index is 13.2. The minimum Gasteiger partial charge on any atom is -0.507 e. The Morgan fingerprint density at radius 2 is 1.74 bits per heavy atom. The summed E-state index contributed by atoms with van der Waals surface area (Å²) in [6.07, 6.45) is -4.57. The minimum absolute atomic E-state index is 0.0963. The number of nitrogens with one attached hydrogen (secondary N) is 2. The van der Waals surface area contributed by atoms with Gasteiger partial charge in [0.25, 0.3) is 5.91 Å². The number of hydrogen-bond donors (Lipinski definition) is 3. The number of carbonyl (C=O) groups is 1. The number of H-pyrrole nitrogens is 1. The van der Waals surface area contributed by atoms with Gasteiger partial charge in [-0.3, -0.25) is 4.79 Å². The Kier molecular flexibility index (Phi) is 8.16. The number of carbonyl (C=O) groups excluding carboxylic acids is 1. The van der Waals surface area contributed by atoms with Crippen LogP contribution >= 0.6 is 0 Å². The number of ether oxygens (including phenoxy) is 2. The van der Waals surface area contributed by atoms with E-state index in [1.165, 1.54) is 32.2 Å². The molecule has 3 aromatic carbocycles. The number of hydrogen-bond acceptors (Lipinski definition) is 6. The molecule has 0 radical (unpaired) electrons. The minimum atomic E-state index is -4.88. The number of aromatic hydroxyl groups is 1. The third kappa shape index (κ3) is 6.35. The highest BCUT2D eigenvalue weighted by molar-refractivity contribution is 5.97. The lowest BCUT2D eigenvalue weighted by molar-refractivity contribution is -0.274. The molecule has 0 aliphatic rings. The first-order chi connectivity index (χ1) is 20.6. The summed E-state index contributed by atoms with van der Waals surface area (Å²) in [5, 5.41) is 14.7. The molecule has 0 aliphatic carbocycles. The average molecular weight is 593 g/mol. The molecule has 222 valence electrons. The van der Waals surface area contributed by atoms with E-state index in [9.17, 15) is 27.9 Å². The van der Waals surface area contributed by atoms with Crippen molar-refractivity contribution in [2.24, 2.45) is 0 Å². The number of methoxy groups -OCH3 is 1. The molecule has 0 spiro atoms. The average Bonchev–Trinajstić information content (AvgIpc) is 3.32. The highest BCUT2D eigenvalue weighted by Crippen LogP contribution is 2.39. The molecule has 1 amide bonds. The Labute approximate surface area is 243 Å². The monoisotopic (exact) mass is 592 g/mol. The molecule has 5 aromatic rings. The van der Waals surface area contributed by atoms with Crippen LogP contribution in [0.25, 0.3) is 10.9 Å². The van der Waals surface area contributed by atoms with Crippen molar-refractivity contribution >= 4 is 16.8 Å². The number of amides is 1. The maximum absolute atomic E-state index is 13.2. The first kappa shape index (κ1) is 29.3. The van der Waals surface area contributed by atoms with Crippen molar-refractivity contribution in [3.05, 3.63) is 123 Å². The topological polar surface area (TPSA) is 114 Å². The van der Waals surface area contributed by atoms with Crippen LogP contribution in [-0.2, 0) is 6.42 Å². The van der Waals surface area contributed by atoms with Crippen molar-refractivity contribution < 1.29 is 37.0 Å². The Bertz CT molecular complexity index is 1830. The summed E-state index contributed by atoms with van der Waals surface area (Å²) in [6, 6.07) is 20.6. The van der Waals surface area contributed by atoms with Gasteiger partial charge < -0.3 is 29.3 Å². The predicted octanol–water partition coefficient (Wildman–Crippen LogP) is 6.20. The highest BCUT2D eigenvalue weighted by atomic mass is 19.4. The van der Waals surface area contributed by atoms with Gasteiger partial charge in [0, 0.05) is 29.2 Å². The molecular weight excluding hydrogens is 565 g/mol. The largest absolute Gasteiger partial charge is 0.573 e. The number of para-hydroxylation sites is 2. The zero-order chi connectivity index (χ0) is 30.7.